The first kappa shape index (κ1) is 16.6. The van der Waals surface area contributed by atoms with Crippen molar-refractivity contribution in [2.24, 2.45) is 0 Å². The van der Waals surface area contributed by atoms with Gasteiger partial charge in [-0.1, -0.05) is 37.1 Å². The monoisotopic (exact) mass is 335 g/mol. The topological polar surface area (TPSA) is 35.6 Å². The number of carbonyl (C=O) groups is 1. The molecule has 0 aliphatic carbocycles. The summed E-state index contributed by atoms with van der Waals surface area (Å²) in [7, 11) is 0. The van der Waals surface area contributed by atoms with Crippen molar-refractivity contribution in [2.45, 2.75) is 38.1 Å². The molecule has 2 aliphatic rings. The molecule has 0 spiro atoms. The SMILES string of the molecule is C[C@H](CNC(=O)N1CC(N2CCCCC2)C1)c1ccc(Cl)cc1. The molecule has 2 fully saturated rings. The van der Waals surface area contributed by atoms with Crippen LogP contribution in [-0.4, -0.2) is 54.6 Å². The van der Waals surface area contributed by atoms with Gasteiger partial charge in [-0.15, -0.1) is 0 Å². The maximum atomic E-state index is 12.2. The number of halogens is 1. The van der Waals surface area contributed by atoms with Crippen LogP contribution in [0, 0.1) is 0 Å². The summed E-state index contributed by atoms with van der Waals surface area (Å²) < 4.78 is 0. The third-order valence-corrected chi connectivity index (χ3v) is 5.31. The van der Waals surface area contributed by atoms with E-state index in [-0.39, 0.29) is 11.9 Å². The highest BCUT2D eigenvalue weighted by molar-refractivity contribution is 6.30. The predicted molar refractivity (Wildman–Crippen MR) is 94.1 cm³/mol. The highest BCUT2D eigenvalue weighted by Gasteiger charge is 2.35. The van der Waals surface area contributed by atoms with Crippen LogP contribution in [0.5, 0.6) is 0 Å². The van der Waals surface area contributed by atoms with E-state index in [1.54, 1.807) is 0 Å². The molecule has 0 radical (unpaired) electrons. The quantitative estimate of drug-likeness (QED) is 0.916. The number of benzene rings is 1. The van der Waals surface area contributed by atoms with Crippen LogP contribution < -0.4 is 5.32 Å². The van der Waals surface area contributed by atoms with Crippen molar-refractivity contribution in [2.75, 3.05) is 32.7 Å². The molecule has 2 amide bonds. The second-order valence-electron chi connectivity index (χ2n) is 6.79. The molecule has 0 unspecified atom stereocenters. The summed E-state index contributed by atoms with van der Waals surface area (Å²) in [5.41, 5.74) is 1.20. The largest absolute Gasteiger partial charge is 0.337 e. The van der Waals surface area contributed by atoms with Crippen LogP contribution in [0.4, 0.5) is 4.79 Å². The van der Waals surface area contributed by atoms with Gasteiger partial charge >= 0.3 is 6.03 Å². The molecular formula is C18H26ClN3O. The first-order chi connectivity index (χ1) is 11.1. The minimum atomic E-state index is 0.0686. The van der Waals surface area contributed by atoms with Crippen molar-refractivity contribution in [1.82, 2.24) is 15.1 Å². The summed E-state index contributed by atoms with van der Waals surface area (Å²) in [5, 5.41) is 3.80. The van der Waals surface area contributed by atoms with E-state index in [2.05, 4.69) is 17.1 Å². The van der Waals surface area contributed by atoms with Gasteiger partial charge in [0.15, 0.2) is 0 Å². The number of nitrogens with zero attached hydrogens (tertiary/aromatic N) is 2. The Morgan fingerprint density at radius 2 is 1.87 bits per heavy atom. The molecule has 5 heteroatoms. The molecule has 2 heterocycles. The van der Waals surface area contributed by atoms with E-state index in [1.807, 2.05) is 29.2 Å². The highest BCUT2D eigenvalue weighted by atomic mass is 35.5. The lowest BCUT2D eigenvalue weighted by Crippen LogP contribution is -2.63. The molecule has 4 nitrogen and oxygen atoms in total. The first-order valence-corrected chi connectivity index (χ1v) is 9.03. The number of amides is 2. The minimum absolute atomic E-state index is 0.0686. The molecule has 1 aromatic carbocycles. The zero-order valence-electron chi connectivity index (χ0n) is 13.8. The number of likely N-dealkylation sites (tertiary alicyclic amines) is 2. The summed E-state index contributed by atoms with van der Waals surface area (Å²) in [4.78, 5) is 16.7. The zero-order valence-corrected chi connectivity index (χ0v) is 14.6. The molecule has 2 aliphatic heterocycles. The molecule has 0 bridgehead atoms. The molecular weight excluding hydrogens is 310 g/mol. The van der Waals surface area contributed by atoms with Gasteiger partial charge < -0.3 is 10.2 Å². The number of hydrogen-bond acceptors (Lipinski definition) is 2. The van der Waals surface area contributed by atoms with Gasteiger partial charge in [0.1, 0.15) is 0 Å². The van der Waals surface area contributed by atoms with Gasteiger partial charge in [-0.2, -0.15) is 0 Å². The van der Waals surface area contributed by atoms with Crippen LogP contribution in [-0.2, 0) is 0 Å². The smallest absolute Gasteiger partial charge is 0.317 e. The Bertz CT molecular complexity index is 522. The van der Waals surface area contributed by atoms with Gasteiger partial charge in [0.25, 0.3) is 0 Å². The standard InChI is InChI=1S/C18H26ClN3O/c1-14(15-5-7-16(19)8-6-15)11-20-18(23)22-12-17(13-22)21-9-3-2-4-10-21/h5-8,14,17H,2-4,9-13H2,1H3,(H,20,23)/t14-/m1/s1. The summed E-state index contributed by atoms with van der Waals surface area (Å²) in [6.07, 6.45) is 3.97. The van der Waals surface area contributed by atoms with E-state index in [0.717, 1.165) is 18.1 Å². The van der Waals surface area contributed by atoms with E-state index in [0.29, 0.717) is 12.6 Å². The van der Waals surface area contributed by atoms with Crippen molar-refractivity contribution in [1.29, 1.82) is 0 Å². The Morgan fingerprint density at radius 3 is 2.52 bits per heavy atom. The van der Waals surface area contributed by atoms with E-state index in [4.69, 9.17) is 11.6 Å². The second kappa shape index (κ2) is 7.54. The second-order valence-corrected chi connectivity index (χ2v) is 7.23. The fraction of sp³-hybridized carbons (Fsp3) is 0.611. The van der Waals surface area contributed by atoms with E-state index < -0.39 is 0 Å². The van der Waals surface area contributed by atoms with Crippen LogP contribution in [0.25, 0.3) is 0 Å². The predicted octanol–water partition coefficient (Wildman–Crippen LogP) is 3.32. The average Bonchev–Trinajstić information content (AvgIpc) is 2.53. The van der Waals surface area contributed by atoms with Gasteiger partial charge in [0, 0.05) is 30.7 Å². The van der Waals surface area contributed by atoms with Gasteiger partial charge in [-0.25, -0.2) is 4.79 Å². The molecule has 1 N–H and O–H groups in total. The Labute approximate surface area is 143 Å². The van der Waals surface area contributed by atoms with E-state index >= 15 is 0 Å². The molecule has 2 saturated heterocycles. The molecule has 23 heavy (non-hydrogen) atoms. The van der Waals surface area contributed by atoms with Crippen molar-refractivity contribution in [3.8, 4) is 0 Å². The third-order valence-electron chi connectivity index (χ3n) is 5.06. The lowest BCUT2D eigenvalue weighted by Gasteiger charge is -2.46. The van der Waals surface area contributed by atoms with Crippen LogP contribution >= 0.6 is 11.6 Å². The van der Waals surface area contributed by atoms with Crippen molar-refractivity contribution >= 4 is 17.6 Å². The highest BCUT2D eigenvalue weighted by Crippen LogP contribution is 2.20. The summed E-state index contributed by atoms with van der Waals surface area (Å²) >= 11 is 5.91. The Kier molecular flexibility index (Phi) is 5.44. The fourth-order valence-electron chi connectivity index (χ4n) is 3.40. The van der Waals surface area contributed by atoms with Crippen LogP contribution in [0.3, 0.4) is 0 Å². The van der Waals surface area contributed by atoms with E-state index in [9.17, 15) is 4.79 Å². The zero-order chi connectivity index (χ0) is 16.2. The van der Waals surface area contributed by atoms with Gasteiger partial charge in [-0.05, 0) is 49.5 Å². The molecule has 3 rings (SSSR count). The average molecular weight is 336 g/mol. The molecule has 0 aromatic heterocycles. The molecule has 1 atom stereocenters. The van der Waals surface area contributed by atoms with E-state index in [1.165, 1.54) is 37.9 Å². The molecule has 1 aromatic rings. The van der Waals surface area contributed by atoms with Crippen LogP contribution in [0.2, 0.25) is 5.02 Å². The summed E-state index contributed by atoms with van der Waals surface area (Å²) in [6.45, 7) is 6.94. The Balaban J connectivity index is 1.39. The van der Waals surface area contributed by atoms with Crippen molar-refractivity contribution < 1.29 is 4.79 Å². The minimum Gasteiger partial charge on any atom is -0.337 e. The maximum absolute atomic E-state index is 12.2. The number of nitrogens with one attached hydrogen (secondary N) is 1. The fourth-order valence-corrected chi connectivity index (χ4v) is 3.52. The summed E-state index contributed by atoms with van der Waals surface area (Å²) in [6, 6.07) is 8.49. The third kappa shape index (κ3) is 4.18. The lowest BCUT2D eigenvalue weighted by molar-refractivity contribution is 0.0451. The number of piperidine rings is 1. The lowest BCUT2D eigenvalue weighted by atomic mass is 10.0. The van der Waals surface area contributed by atoms with Crippen LogP contribution in [0.1, 0.15) is 37.7 Å². The van der Waals surface area contributed by atoms with Gasteiger partial charge in [-0.3, -0.25) is 4.90 Å². The Morgan fingerprint density at radius 1 is 1.22 bits per heavy atom. The van der Waals surface area contributed by atoms with Crippen molar-refractivity contribution in [3.63, 3.8) is 0 Å². The number of rotatable bonds is 4. The number of hydrogen-bond donors (Lipinski definition) is 1. The molecule has 126 valence electrons. The van der Waals surface area contributed by atoms with Crippen LogP contribution in [0.15, 0.2) is 24.3 Å². The molecule has 0 saturated carbocycles. The van der Waals surface area contributed by atoms with Gasteiger partial charge in [0.05, 0.1) is 0 Å². The van der Waals surface area contributed by atoms with Crippen molar-refractivity contribution in [3.05, 3.63) is 34.9 Å². The van der Waals surface area contributed by atoms with Gasteiger partial charge in [0.2, 0.25) is 0 Å². The maximum Gasteiger partial charge on any atom is 0.317 e. The first-order valence-electron chi connectivity index (χ1n) is 8.66. The normalized spacial score (nSPS) is 20.9. The number of urea groups is 1. The summed E-state index contributed by atoms with van der Waals surface area (Å²) in [5.74, 6) is 0.287. The number of carbonyl (C=O) groups excluding carboxylic acids is 1. The Hall–Kier alpha value is -1.26.